The van der Waals surface area contributed by atoms with Gasteiger partial charge in [0.2, 0.25) is 11.8 Å². The molecule has 8 bridgehead atoms. The molecule has 2 aromatic rings. The van der Waals surface area contributed by atoms with E-state index in [1.807, 2.05) is 26.0 Å². The van der Waals surface area contributed by atoms with Gasteiger partial charge in [0.25, 0.3) is 0 Å². The van der Waals surface area contributed by atoms with Crippen LogP contribution >= 0.6 is 7.75 Å². The number of carbonyl (C=O) groups excluding carboxylic acids is 3. The van der Waals surface area contributed by atoms with Crippen molar-refractivity contribution in [3.8, 4) is 0 Å². The van der Waals surface area contributed by atoms with Crippen LogP contribution in [0.3, 0.4) is 0 Å². The second-order valence-electron chi connectivity index (χ2n) is 17.2. The van der Waals surface area contributed by atoms with Gasteiger partial charge in [-0.05, 0) is 93.3 Å². The third-order valence-electron chi connectivity index (χ3n) is 12.8. The number of carbonyl (C=O) groups is 6. The zero-order chi connectivity index (χ0) is 48.9. The Kier molecular flexibility index (Phi) is 15.8. The first-order valence-corrected chi connectivity index (χ1v) is 23.9. The molecule has 0 fully saturated rings. The third kappa shape index (κ3) is 11.5. The molecule has 0 saturated carbocycles. The molecule has 67 heavy (non-hydrogen) atoms. The number of aromatic nitrogens is 4. The molecule has 6 rings (SSSR count). The van der Waals surface area contributed by atoms with Gasteiger partial charge < -0.3 is 40.8 Å². The van der Waals surface area contributed by atoms with Gasteiger partial charge in [-0.2, -0.15) is 0 Å². The second kappa shape index (κ2) is 21.1. The van der Waals surface area contributed by atoms with E-state index in [1.54, 1.807) is 5.09 Å². The number of allylic oxidation sites excluding steroid dienone is 5. The number of amides is 2. The lowest BCUT2D eigenvalue weighted by Gasteiger charge is -2.20. The van der Waals surface area contributed by atoms with Crippen LogP contribution in [0.15, 0.2) is 30.9 Å². The molecule has 2 aromatic heterocycles. The van der Waals surface area contributed by atoms with E-state index in [9.17, 15) is 48.4 Å². The van der Waals surface area contributed by atoms with Crippen molar-refractivity contribution in [2.24, 2.45) is 0 Å². The van der Waals surface area contributed by atoms with Crippen molar-refractivity contribution in [3.05, 3.63) is 81.7 Å². The van der Waals surface area contributed by atoms with Crippen LogP contribution in [0.2, 0.25) is 0 Å². The van der Waals surface area contributed by atoms with Gasteiger partial charge >= 0.3 is 25.7 Å². The number of Topliss-reactive ketones (excluding diaryl/α,β-unsaturated/α-hetero) is 1. The van der Waals surface area contributed by atoms with Crippen molar-refractivity contribution in [1.82, 2.24) is 35.7 Å². The first-order valence-electron chi connectivity index (χ1n) is 22.3. The number of hydrogen-bond donors (Lipinski definition) is 9. The molecule has 1 aliphatic carbocycles. The maximum absolute atomic E-state index is 13.7. The topological polar surface area (TPSA) is 303 Å². The molecule has 0 saturated heterocycles. The molecular weight excluding hydrogens is 886 g/mol. The summed E-state index contributed by atoms with van der Waals surface area (Å²) in [5.41, 5.74) is 13.1. The minimum atomic E-state index is -4.91. The van der Waals surface area contributed by atoms with E-state index >= 15 is 0 Å². The maximum Gasteiger partial charge on any atom is 0.403 e. The Morgan fingerprint density at radius 3 is 2.28 bits per heavy atom. The van der Waals surface area contributed by atoms with Gasteiger partial charge in [-0.3, -0.25) is 28.5 Å². The molecule has 0 radical (unpaired) electrons. The number of H-pyrrole nitrogens is 2. The van der Waals surface area contributed by atoms with Crippen LogP contribution in [0.25, 0.3) is 33.3 Å². The van der Waals surface area contributed by atoms with E-state index < -0.39 is 63.1 Å². The molecule has 4 aliphatic rings. The van der Waals surface area contributed by atoms with Crippen LogP contribution in [0, 0.1) is 6.92 Å². The third-order valence-corrected chi connectivity index (χ3v) is 13.9. The summed E-state index contributed by atoms with van der Waals surface area (Å²) in [6.07, 6.45) is 3.60. The summed E-state index contributed by atoms with van der Waals surface area (Å²) in [6.45, 7) is 13.7. The highest BCUT2D eigenvalue weighted by Gasteiger charge is 2.39. The monoisotopic (exact) mass is 943 g/mol. The first-order chi connectivity index (χ1) is 31.7. The quantitative estimate of drug-likeness (QED) is 0.0482. The first kappa shape index (κ1) is 50.1. The normalized spacial score (nSPS) is 17.7. The number of aryl methyl sites for hydroxylation is 2. The van der Waals surface area contributed by atoms with Gasteiger partial charge in [0, 0.05) is 83.2 Å². The Morgan fingerprint density at radius 1 is 0.910 bits per heavy atom. The molecule has 5 atom stereocenters. The van der Waals surface area contributed by atoms with Crippen LogP contribution in [0.1, 0.15) is 142 Å². The Balaban J connectivity index is 1.09. The summed E-state index contributed by atoms with van der Waals surface area (Å²) < 4.78 is 17.1. The summed E-state index contributed by atoms with van der Waals surface area (Å²) >= 11 is 0. The van der Waals surface area contributed by atoms with E-state index in [-0.39, 0.29) is 42.8 Å². The molecule has 0 aromatic carbocycles. The fourth-order valence-corrected chi connectivity index (χ4v) is 10.1. The Bertz CT molecular complexity index is 2720. The van der Waals surface area contributed by atoms with Crippen molar-refractivity contribution in [2.45, 2.75) is 123 Å². The largest absolute Gasteiger partial charge is 0.481 e. The SMILES string of the molecule is C=CC1=C(C)c2cc3[nH]c(c4c5nc(cc6[nH]c(cc1n2)c(C)c6CC)C(C)=C5C(=O)C4)C(CCC(=O)NCCCCCC(=O)N[C@@H](COP(=O)(O)N[C@@H](CCC(=O)O)C(=O)O)C(=O)O)[C@@H]3C. The number of rotatable bonds is 22. The van der Waals surface area contributed by atoms with E-state index in [0.717, 1.165) is 79.3 Å². The lowest BCUT2D eigenvalue weighted by atomic mass is 9.85. The number of aromatic amines is 2. The van der Waals surface area contributed by atoms with Gasteiger partial charge in [0.15, 0.2) is 11.8 Å². The number of nitrogens with one attached hydrogen (secondary N) is 5. The zero-order valence-corrected chi connectivity index (χ0v) is 39.1. The second-order valence-corrected chi connectivity index (χ2v) is 18.8. The summed E-state index contributed by atoms with van der Waals surface area (Å²) in [6, 6.07) is 2.63. The molecule has 3 aliphatic heterocycles. The van der Waals surface area contributed by atoms with Crippen LogP contribution in [-0.4, -0.2) is 101 Å². The minimum absolute atomic E-state index is 0.00681. The number of carboxylic acid groups (broad SMARTS) is 3. The molecular formula is C47H58N7O12P. The minimum Gasteiger partial charge on any atom is -0.481 e. The van der Waals surface area contributed by atoms with Crippen LogP contribution in [0.4, 0.5) is 0 Å². The number of aliphatic carboxylic acids is 3. The Hall–Kier alpha value is -6.27. The van der Waals surface area contributed by atoms with Crippen molar-refractivity contribution in [2.75, 3.05) is 13.2 Å². The number of carboxylic acids is 3. The smallest absolute Gasteiger partial charge is 0.403 e. The van der Waals surface area contributed by atoms with Crippen molar-refractivity contribution in [1.29, 1.82) is 0 Å². The van der Waals surface area contributed by atoms with Gasteiger partial charge in [-0.25, -0.2) is 24.4 Å². The number of hydrogen-bond acceptors (Lipinski definition) is 10. The van der Waals surface area contributed by atoms with Crippen LogP contribution in [-0.2, 0) is 50.7 Å². The lowest BCUT2D eigenvalue weighted by molar-refractivity contribution is -0.143. The number of unbranched alkanes of at least 4 members (excludes halogenated alkanes) is 2. The maximum atomic E-state index is 13.7. The standard InChI is InChI=1S/C47H58N7O12P/c1-7-27-23(3)32-19-34-25(5)29(44(52-34)30-18-39(55)43-26(6)35(53-45(30)43)21-37-28(8-2)24(4)33(50-37)20-36(27)49-32)13-15-40(56)48-17-11-9-10-12-41(57)51-38(47(62)63)22-66-67(64,65)54-31(46(60)61)14-16-42(58)59/h7,19-21,25,29,31,38,50,52H,1,8-18,22H2,2-6H3,(H,48,56)(H,51,57)(H,58,59)(H,60,61)(H,62,63)(H2,54,64,65)/t25-,29?,31-,38-/m0/s1. The number of fused-ring (bicyclic) bond motifs is 8. The summed E-state index contributed by atoms with van der Waals surface area (Å²) in [7, 11) is -4.91. The van der Waals surface area contributed by atoms with Gasteiger partial charge in [0.1, 0.15) is 6.04 Å². The molecule has 5 heterocycles. The van der Waals surface area contributed by atoms with Crippen molar-refractivity contribution in [3.63, 3.8) is 0 Å². The van der Waals surface area contributed by atoms with Crippen molar-refractivity contribution >= 4 is 76.6 Å². The van der Waals surface area contributed by atoms with Crippen LogP contribution in [0.5, 0.6) is 0 Å². The van der Waals surface area contributed by atoms with E-state index in [4.69, 9.17) is 19.6 Å². The van der Waals surface area contributed by atoms with Crippen molar-refractivity contribution < 1.29 is 58.1 Å². The fraction of sp³-hybridized carbons (Fsp3) is 0.447. The molecule has 0 spiro atoms. The highest BCUT2D eigenvalue weighted by Crippen LogP contribution is 2.46. The molecule has 358 valence electrons. The molecule has 2 amide bonds. The Morgan fingerprint density at radius 2 is 1.61 bits per heavy atom. The predicted octanol–water partition coefficient (Wildman–Crippen LogP) is 6.02. The molecule has 20 heteroatoms. The molecule has 2 unspecified atom stereocenters. The fourth-order valence-electron chi connectivity index (χ4n) is 9.00. The average molecular weight is 944 g/mol. The van der Waals surface area contributed by atoms with E-state index in [1.165, 1.54) is 0 Å². The van der Waals surface area contributed by atoms with E-state index in [0.29, 0.717) is 43.5 Å². The molecule has 19 nitrogen and oxygen atoms in total. The summed E-state index contributed by atoms with van der Waals surface area (Å²) in [4.78, 5) is 101. The Labute approximate surface area is 386 Å². The predicted molar refractivity (Wildman–Crippen MR) is 249 cm³/mol. The highest BCUT2D eigenvalue weighted by atomic mass is 31.2. The summed E-state index contributed by atoms with van der Waals surface area (Å²) in [5.74, 6) is -5.56. The van der Waals surface area contributed by atoms with E-state index in [2.05, 4.69) is 60.1 Å². The van der Waals surface area contributed by atoms with Gasteiger partial charge in [-0.1, -0.05) is 32.9 Å². The highest BCUT2D eigenvalue weighted by molar-refractivity contribution is 7.50. The molecule has 9 N–H and O–H groups in total. The van der Waals surface area contributed by atoms with Gasteiger partial charge in [0.05, 0.1) is 29.4 Å². The lowest BCUT2D eigenvalue weighted by Crippen LogP contribution is -2.44. The van der Waals surface area contributed by atoms with Crippen LogP contribution < -0.4 is 15.7 Å². The van der Waals surface area contributed by atoms with Gasteiger partial charge in [-0.15, -0.1) is 0 Å². The summed E-state index contributed by atoms with van der Waals surface area (Å²) in [5, 5.41) is 34.5. The average Bonchev–Trinajstić information content (AvgIpc) is 4.02. The number of ketones is 1. The zero-order valence-electron chi connectivity index (χ0n) is 38.2. The number of nitrogens with zero attached hydrogens (tertiary/aromatic N) is 2.